The van der Waals surface area contributed by atoms with Crippen LogP contribution in [0.3, 0.4) is 0 Å². The molecule has 0 saturated heterocycles. The monoisotopic (exact) mass is 614 g/mol. The quantitative estimate of drug-likeness (QED) is 0.418. The Morgan fingerprint density at radius 3 is 2.29 bits per heavy atom. The number of alkyl halides is 6. The van der Waals surface area contributed by atoms with Gasteiger partial charge in [0.15, 0.2) is 0 Å². The Hall–Kier alpha value is -3.76. The molecular weight excluding hydrogens is 593 g/mol. The third-order valence-electron chi connectivity index (χ3n) is 6.59. The lowest BCUT2D eigenvalue weighted by molar-refractivity contribution is -0.242. The first kappa shape index (κ1) is 30.2. The number of carboxylic acid groups (broad SMARTS) is 1. The number of carbonyl (C=O) groups excluding carboxylic acids is 1. The molecule has 1 aliphatic carbocycles. The second-order valence-electron chi connectivity index (χ2n) is 9.88. The summed E-state index contributed by atoms with van der Waals surface area (Å²) in [6.07, 6.45) is -12.6. The zero-order chi connectivity index (χ0) is 30.7. The molecule has 224 valence electrons. The lowest BCUT2D eigenvalue weighted by atomic mass is 10.1. The van der Waals surface area contributed by atoms with Crippen LogP contribution in [-0.4, -0.2) is 50.0 Å². The maximum absolute atomic E-state index is 13.9. The Balaban J connectivity index is 1.72. The number of carboxylic acids is 1. The molecule has 2 N–H and O–H groups in total. The van der Waals surface area contributed by atoms with Gasteiger partial charge in [0.2, 0.25) is 5.60 Å². The second-order valence-corrected chi connectivity index (χ2v) is 11.7. The molecule has 41 heavy (non-hydrogen) atoms. The Kier molecular flexibility index (Phi) is 7.33. The minimum atomic E-state index is -5.23. The molecule has 0 bridgehead atoms. The number of rotatable bonds is 6. The summed E-state index contributed by atoms with van der Waals surface area (Å²) in [5.41, 5.74) is -5.33. The number of aliphatic carboxylic acids is 1. The zero-order valence-electron chi connectivity index (χ0n) is 21.0. The number of amides is 1. The van der Waals surface area contributed by atoms with Crippen LogP contribution in [0.5, 0.6) is 5.75 Å². The molecule has 1 fully saturated rings. The van der Waals surface area contributed by atoms with Gasteiger partial charge in [-0.3, -0.25) is 14.4 Å². The molecule has 1 heterocycles. The van der Waals surface area contributed by atoms with Gasteiger partial charge in [-0.2, -0.15) is 26.3 Å². The van der Waals surface area contributed by atoms with Crippen LogP contribution >= 0.6 is 0 Å². The Morgan fingerprint density at radius 2 is 1.73 bits per heavy atom. The smallest absolute Gasteiger partial charge is 0.427 e. The lowest BCUT2D eigenvalue weighted by Crippen LogP contribution is -2.45. The molecule has 4 rings (SSSR count). The number of anilines is 2. The second kappa shape index (κ2) is 9.95. The van der Waals surface area contributed by atoms with Crippen LogP contribution in [0.25, 0.3) is 0 Å². The molecule has 2 aromatic rings. The topological polar surface area (TPSA) is 122 Å². The Labute approximate surface area is 227 Å². The number of carbonyl (C=O) groups is 2. The highest BCUT2D eigenvalue weighted by Gasteiger charge is 2.53. The van der Waals surface area contributed by atoms with E-state index in [1.54, 1.807) is 0 Å². The van der Waals surface area contributed by atoms with E-state index < -0.39 is 80.8 Å². The van der Waals surface area contributed by atoms with Crippen LogP contribution in [0.2, 0.25) is 0 Å². The van der Waals surface area contributed by atoms with Crippen molar-refractivity contribution in [1.82, 2.24) is 0 Å². The predicted molar refractivity (Wildman–Crippen MR) is 126 cm³/mol. The summed E-state index contributed by atoms with van der Waals surface area (Å²) >= 11 is 0. The van der Waals surface area contributed by atoms with Crippen LogP contribution < -0.4 is 14.4 Å². The van der Waals surface area contributed by atoms with Gasteiger partial charge in [0.25, 0.3) is 10.0 Å². The van der Waals surface area contributed by atoms with Crippen molar-refractivity contribution < 1.29 is 63.3 Å². The van der Waals surface area contributed by atoms with Crippen LogP contribution in [0.15, 0.2) is 41.3 Å². The number of hydrogen-bond donors (Lipinski definition) is 2. The van der Waals surface area contributed by atoms with Crippen molar-refractivity contribution in [3.63, 3.8) is 0 Å². The lowest BCUT2D eigenvalue weighted by Gasteiger charge is -2.36. The summed E-state index contributed by atoms with van der Waals surface area (Å²) in [4.78, 5) is 22.6. The molecule has 3 atom stereocenters. The van der Waals surface area contributed by atoms with Gasteiger partial charge in [-0.25, -0.2) is 17.6 Å². The zero-order valence-corrected chi connectivity index (χ0v) is 21.8. The van der Waals surface area contributed by atoms with Crippen molar-refractivity contribution >= 4 is 33.5 Å². The number of sulfonamides is 1. The number of nitrogens with one attached hydrogen (secondary N) is 1. The fraction of sp³-hybridized carbons (Fsp3) is 0.417. The maximum Gasteiger partial charge on any atom is 0.427 e. The van der Waals surface area contributed by atoms with E-state index in [2.05, 4.69) is 4.74 Å². The minimum Gasteiger partial charge on any atom is -0.486 e. The summed E-state index contributed by atoms with van der Waals surface area (Å²) in [5.74, 6) is -4.55. The molecule has 2 aliphatic rings. The summed E-state index contributed by atoms with van der Waals surface area (Å²) in [5, 5.41) is 11.3. The Bertz CT molecular complexity index is 1490. The maximum atomic E-state index is 13.9. The molecule has 17 heteroatoms. The fourth-order valence-electron chi connectivity index (χ4n) is 4.15. The van der Waals surface area contributed by atoms with Crippen molar-refractivity contribution in [3.8, 4) is 5.75 Å². The number of nitrogens with zero attached hydrogens (tertiary/aromatic N) is 1. The van der Waals surface area contributed by atoms with Crippen molar-refractivity contribution in [1.29, 1.82) is 0 Å². The van der Waals surface area contributed by atoms with Crippen molar-refractivity contribution in [2.24, 2.45) is 11.8 Å². The number of fused-ring (bicyclic) bond motifs is 1. The molecule has 0 radical (unpaired) electrons. The minimum absolute atomic E-state index is 0.102. The van der Waals surface area contributed by atoms with E-state index in [9.17, 15) is 53.8 Å². The number of ether oxygens (including phenoxy) is 2. The number of halogens is 7. The molecule has 9 nitrogen and oxygen atoms in total. The van der Waals surface area contributed by atoms with E-state index in [0.717, 1.165) is 18.2 Å². The molecule has 1 unspecified atom stereocenters. The highest BCUT2D eigenvalue weighted by Crippen LogP contribution is 2.48. The summed E-state index contributed by atoms with van der Waals surface area (Å²) in [6, 6.07) is 4.28. The van der Waals surface area contributed by atoms with Crippen molar-refractivity contribution in [2.75, 3.05) is 16.2 Å². The Morgan fingerprint density at radius 1 is 1.07 bits per heavy atom. The largest absolute Gasteiger partial charge is 0.486 e. The molecule has 1 aliphatic heterocycles. The van der Waals surface area contributed by atoms with Gasteiger partial charge in [0.05, 0.1) is 28.6 Å². The number of benzene rings is 2. The number of hydrogen-bond acceptors (Lipinski definition) is 6. The molecular formula is C24H21F7N2O7S. The van der Waals surface area contributed by atoms with E-state index >= 15 is 0 Å². The van der Waals surface area contributed by atoms with Gasteiger partial charge >= 0.3 is 24.4 Å². The molecule has 0 aromatic heterocycles. The average molecular weight is 614 g/mol. The highest BCUT2D eigenvalue weighted by molar-refractivity contribution is 7.92. The van der Waals surface area contributed by atoms with Crippen LogP contribution in [0, 0.1) is 17.7 Å². The van der Waals surface area contributed by atoms with Crippen LogP contribution in [0.4, 0.5) is 46.9 Å². The first-order valence-electron chi connectivity index (χ1n) is 11.7. The van der Waals surface area contributed by atoms with Gasteiger partial charge in [0.1, 0.15) is 17.7 Å². The van der Waals surface area contributed by atoms with Gasteiger partial charge in [-0.1, -0.05) is 0 Å². The third kappa shape index (κ3) is 5.99. The van der Waals surface area contributed by atoms with E-state index in [0.29, 0.717) is 30.3 Å². The van der Waals surface area contributed by atoms with Crippen LogP contribution in [-0.2, 0) is 25.7 Å². The molecule has 2 aromatic carbocycles. The molecule has 0 spiro atoms. The first-order chi connectivity index (χ1) is 18.7. The SMILES string of the molecule is CC(C)(OC(=O)Nc1ccc2c(c1)N(S(=O)(=O)c1ccc(F)c(C(F)(F)F)c1)CC([C@H]1C[C@@H]1C(=O)O)O2)C(F)(F)F. The highest BCUT2D eigenvalue weighted by atomic mass is 32.2. The summed E-state index contributed by atoms with van der Waals surface area (Å²) in [7, 11) is -4.90. The normalized spacial score (nSPS) is 21.0. The first-order valence-corrected chi connectivity index (χ1v) is 13.2. The van der Waals surface area contributed by atoms with Gasteiger partial charge in [-0.15, -0.1) is 0 Å². The van der Waals surface area contributed by atoms with E-state index in [4.69, 9.17) is 4.74 Å². The van der Waals surface area contributed by atoms with Crippen molar-refractivity contribution in [2.45, 2.75) is 49.2 Å². The third-order valence-corrected chi connectivity index (χ3v) is 8.37. The van der Waals surface area contributed by atoms with Gasteiger partial charge in [-0.05, 0) is 56.7 Å². The predicted octanol–water partition coefficient (Wildman–Crippen LogP) is 5.41. The van der Waals surface area contributed by atoms with E-state index in [1.807, 2.05) is 5.32 Å². The summed E-state index contributed by atoms with van der Waals surface area (Å²) in [6.45, 7) is 0.626. The van der Waals surface area contributed by atoms with E-state index in [-0.39, 0.29) is 29.6 Å². The summed E-state index contributed by atoms with van der Waals surface area (Å²) < 4.78 is 131. The van der Waals surface area contributed by atoms with Crippen LogP contribution in [0.1, 0.15) is 25.8 Å². The standard InChI is InChI=1S/C24H21F7N2O7S/c1-22(2,24(29,30)31)40-21(36)32-11-3-6-18-17(7-11)33(10-19(39-18)13-9-14(13)20(34)35)41(37,38)12-4-5-16(25)15(8-12)23(26,27)28/h3-8,13-14,19H,9-10H2,1-2H3,(H,32,36)(H,34,35)/t13-,14-,19?/m0/s1. The molecule has 1 amide bonds. The average Bonchev–Trinajstić information content (AvgIpc) is 3.63. The molecule has 1 saturated carbocycles. The van der Waals surface area contributed by atoms with E-state index in [1.165, 1.54) is 0 Å². The van der Waals surface area contributed by atoms with Gasteiger partial charge in [0, 0.05) is 11.6 Å². The van der Waals surface area contributed by atoms with Crippen molar-refractivity contribution in [3.05, 3.63) is 47.8 Å². The fourth-order valence-corrected chi connectivity index (χ4v) is 5.66. The van der Waals surface area contributed by atoms with Gasteiger partial charge < -0.3 is 14.6 Å².